The van der Waals surface area contributed by atoms with E-state index in [2.05, 4.69) is 15.2 Å². The highest BCUT2D eigenvalue weighted by molar-refractivity contribution is 5.76. The normalized spacial score (nSPS) is 18.6. The molecule has 1 aromatic rings. The molecule has 2 heterocycles. The van der Waals surface area contributed by atoms with Crippen LogP contribution in [-0.4, -0.2) is 48.1 Å². The molecule has 1 aliphatic rings. The molecular weight excluding hydrogens is 292 g/mol. The highest BCUT2D eigenvalue weighted by Crippen LogP contribution is 2.19. The van der Waals surface area contributed by atoms with Crippen molar-refractivity contribution in [1.29, 1.82) is 0 Å². The number of aromatic nitrogens is 1. The molecule has 0 spiro atoms. The summed E-state index contributed by atoms with van der Waals surface area (Å²) in [6, 6.07) is 6.26. The number of hydrogen-bond acceptors (Lipinski definition) is 5. The first kappa shape index (κ1) is 17.7. The number of pyridine rings is 1. The van der Waals surface area contributed by atoms with Crippen LogP contribution in [0, 0.1) is 0 Å². The van der Waals surface area contributed by atoms with Gasteiger partial charge in [0.1, 0.15) is 0 Å². The minimum Gasteiger partial charge on any atom is -0.478 e. The van der Waals surface area contributed by atoms with E-state index in [1.807, 2.05) is 25.1 Å². The highest BCUT2D eigenvalue weighted by atomic mass is 16.5. The number of amides is 1. The minimum atomic E-state index is 0.0366. The summed E-state index contributed by atoms with van der Waals surface area (Å²) in [5, 5.41) is 3.00. The second-order valence-electron chi connectivity index (χ2n) is 5.86. The smallest absolute Gasteiger partial charge is 0.221 e. The van der Waals surface area contributed by atoms with Gasteiger partial charge in [-0.1, -0.05) is 12.5 Å². The molecule has 1 aliphatic heterocycles. The Bertz CT molecular complexity index is 495. The molecule has 1 fully saturated rings. The van der Waals surface area contributed by atoms with E-state index in [-0.39, 0.29) is 5.91 Å². The van der Waals surface area contributed by atoms with E-state index in [0.29, 0.717) is 38.0 Å². The molecule has 0 radical (unpaired) electrons. The van der Waals surface area contributed by atoms with Crippen molar-refractivity contribution in [3.63, 3.8) is 0 Å². The average molecular weight is 320 g/mol. The van der Waals surface area contributed by atoms with Crippen LogP contribution >= 0.6 is 0 Å². The van der Waals surface area contributed by atoms with E-state index in [0.717, 1.165) is 25.2 Å². The third-order valence-electron chi connectivity index (χ3n) is 4.09. The van der Waals surface area contributed by atoms with Crippen LogP contribution in [0.4, 0.5) is 0 Å². The summed E-state index contributed by atoms with van der Waals surface area (Å²) in [6.07, 6.45) is 3.90. The first-order chi connectivity index (χ1) is 11.2. The maximum atomic E-state index is 11.6. The van der Waals surface area contributed by atoms with Crippen LogP contribution in [0.3, 0.4) is 0 Å². The van der Waals surface area contributed by atoms with Crippen LogP contribution in [0.2, 0.25) is 0 Å². The zero-order chi connectivity index (χ0) is 16.5. The molecule has 23 heavy (non-hydrogen) atoms. The molecule has 1 unspecified atom stereocenters. The van der Waals surface area contributed by atoms with Crippen molar-refractivity contribution in [3.8, 4) is 5.88 Å². The number of carbonyl (C=O) groups excluding carboxylic acids is 1. The van der Waals surface area contributed by atoms with Crippen LogP contribution in [0.5, 0.6) is 5.88 Å². The first-order valence-corrected chi connectivity index (χ1v) is 8.52. The third-order valence-corrected chi connectivity index (χ3v) is 4.09. The second-order valence-corrected chi connectivity index (χ2v) is 5.86. The fourth-order valence-electron chi connectivity index (χ4n) is 2.93. The lowest BCUT2D eigenvalue weighted by molar-refractivity contribution is -0.121. The lowest BCUT2D eigenvalue weighted by atomic mass is 10.0. The molecule has 128 valence electrons. The molecule has 6 nitrogen and oxygen atoms in total. The summed E-state index contributed by atoms with van der Waals surface area (Å²) in [5.41, 5.74) is 6.43. The van der Waals surface area contributed by atoms with E-state index in [1.54, 1.807) is 0 Å². The van der Waals surface area contributed by atoms with Gasteiger partial charge in [-0.3, -0.25) is 9.69 Å². The minimum absolute atomic E-state index is 0.0366. The SMILES string of the molecule is CCOc1cccc(CN2CCCCC2CNC(=O)CCN)n1. The Kier molecular flexibility index (Phi) is 7.29. The van der Waals surface area contributed by atoms with E-state index in [1.165, 1.54) is 12.8 Å². The molecule has 0 aliphatic carbocycles. The molecule has 1 saturated heterocycles. The van der Waals surface area contributed by atoms with Crippen LogP contribution in [0.25, 0.3) is 0 Å². The molecule has 1 aromatic heterocycles. The molecule has 0 aromatic carbocycles. The van der Waals surface area contributed by atoms with E-state index >= 15 is 0 Å². The summed E-state index contributed by atoms with van der Waals surface area (Å²) in [5.74, 6) is 0.712. The van der Waals surface area contributed by atoms with Crippen LogP contribution in [0.1, 0.15) is 38.3 Å². The fraction of sp³-hybridized carbons (Fsp3) is 0.647. The van der Waals surface area contributed by atoms with Gasteiger partial charge < -0.3 is 15.8 Å². The Morgan fingerprint density at radius 2 is 2.35 bits per heavy atom. The quantitative estimate of drug-likeness (QED) is 0.754. The largest absolute Gasteiger partial charge is 0.478 e. The van der Waals surface area contributed by atoms with Crippen molar-refractivity contribution in [1.82, 2.24) is 15.2 Å². The van der Waals surface area contributed by atoms with Crippen LogP contribution < -0.4 is 15.8 Å². The third kappa shape index (κ3) is 5.80. The zero-order valence-corrected chi connectivity index (χ0v) is 14.0. The van der Waals surface area contributed by atoms with Crippen LogP contribution in [-0.2, 0) is 11.3 Å². The van der Waals surface area contributed by atoms with Crippen molar-refractivity contribution >= 4 is 5.91 Å². The number of nitrogens with one attached hydrogen (secondary N) is 1. The van der Waals surface area contributed by atoms with Gasteiger partial charge in [-0.25, -0.2) is 4.98 Å². The Balaban J connectivity index is 1.92. The van der Waals surface area contributed by atoms with E-state index in [9.17, 15) is 4.79 Å². The Labute approximate surface area is 138 Å². The topological polar surface area (TPSA) is 80.5 Å². The van der Waals surface area contributed by atoms with Crippen LogP contribution in [0.15, 0.2) is 18.2 Å². The first-order valence-electron chi connectivity index (χ1n) is 8.52. The fourth-order valence-corrected chi connectivity index (χ4v) is 2.93. The number of ether oxygens (including phenoxy) is 1. The Morgan fingerprint density at radius 1 is 1.48 bits per heavy atom. The van der Waals surface area contributed by atoms with E-state index in [4.69, 9.17) is 10.5 Å². The predicted octanol–water partition coefficient (Wildman–Crippen LogP) is 1.30. The average Bonchev–Trinajstić information content (AvgIpc) is 2.55. The van der Waals surface area contributed by atoms with Gasteiger partial charge in [0, 0.05) is 38.2 Å². The number of rotatable bonds is 8. The summed E-state index contributed by atoms with van der Waals surface area (Å²) in [7, 11) is 0. The maximum absolute atomic E-state index is 11.6. The summed E-state index contributed by atoms with van der Waals surface area (Å²) < 4.78 is 5.47. The zero-order valence-electron chi connectivity index (χ0n) is 14.0. The van der Waals surface area contributed by atoms with Gasteiger partial charge in [0.25, 0.3) is 0 Å². The van der Waals surface area contributed by atoms with Gasteiger partial charge in [0.05, 0.1) is 12.3 Å². The number of nitrogens with zero attached hydrogens (tertiary/aromatic N) is 2. The van der Waals surface area contributed by atoms with Gasteiger partial charge in [-0.05, 0) is 32.4 Å². The molecule has 1 amide bonds. The molecule has 0 saturated carbocycles. The number of likely N-dealkylation sites (tertiary alicyclic amines) is 1. The lowest BCUT2D eigenvalue weighted by Gasteiger charge is -2.35. The summed E-state index contributed by atoms with van der Waals surface area (Å²) in [4.78, 5) is 18.6. The summed E-state index contributed by atoms with van der Waals surface area (Å²) >= 11 is 0. The van der Waals surface area contributed by atoms with Crippen molar-refractivity contribution in [2.75, 3.05) is 26.2 Å². The Morgan fingerprint density at radius 3 is 3.13 bits per heavy atom. The highest BCUT2D eigenvalue weighted by Gasteiger charge is 2.23. The molecular formula is C17H28N4O2. The summed E-state index contributed by atoms with van der Waals surface area (Å²) in [6.45, 7) is 5.49. The maximum Gasteiger partial charge on any atom is 0.221 e. The van der Waals surface area contributed by atoms with Crippen molar-refractivity contribution in [3.05, 3.63) is 23.9 Å². The molecule has 0 bridgehead atoms. The van der Waals surface area contributed by atoms with Crippen molar-refractivity contribution in [2.45, 2.75) is 45.2 Å². The predicted molar refractivity (Wildman–Crippen MR) is 90.1 cm³/mol. The number of hydrogen-bond donors (Lipinski definition) is 2. The number of carbonyl (C=O) groups is 1. The van der Waals surface area contributed by atoms with Gasteiger partial charge >= 0.3 is 0 Å². The molecule has 3 N–H and O–H groups in total. The number of piperidine rings is 1. The number of nitrogens with two attached hydrogens (primary N) is 1. The second kappa shape index (κ2) is 9.47. The van der Waals surface area contributed by atoms with Gasteiger partial charge in [-0.2, -0.15) is 0 Å². The molecule has 2 rings (SSSR count). The lowest BCUT2D eigenvalue weighted by Crippen LogP contribution is -2.46. The molecule has 6 heteroatoms. The van der Waals surface area contributed by atoms with Crippen molar-refractivity contribution < 1.29 is 9.53 Å². The van der Waals surface area contributed by atoms with E-state index < -0.39 is 0 Å². The van der Waals surface area contributed by atoms with Crippen molar-refractivity contribution in [2.24, 2.45) is 5.73 Å². The monoisotopic (exact) mass is 320 g/mol. The molecule has 1 atom stereocenters. The van der Waals surface area contributed by atoms with Gasteiger partial charge in [0.2, 0.25) is 11.8 Å². The van der Waals surface area contributed by atoms with Gasteiger partial charge in [-0.15, -0.1) is 0 Å². The van der Waals surface area contributed by atoms with Gasteiger partial charge in [0.15, 0.2) is 0 Å². The Hall–Kier alpha value is -1.66. The standard InChI is InChI=1S/C17H28N4O2/c1-2-23-17-8-5-6-14(20-17)13-21-11-4-3-7-15(21)12-19-16(22)9-10-18/h5-6,8,15H,2-4,7,9-13,18H2,1H3,(H,19,22).